The number of carboxylic acid groups (broad SMARTS) is 1. The number of ether oxygens (including phenoxy) is 1. The Kier molecular flexibility index (Phi) is 7.59. The molecule has 0 aliphatic rings. The molecular weight excluding hydrogens is 258 g/mol. The summed E-state index contributed by atoms with van der Waals surface area (Å²) >= 11 is 0. The number of nitrogens with zero attached hydrogens (tertiary/aromatic N) is 2. The van der Waals surface area contributed by atoms with Gasteiger partial charge in [-0.1, -0.05) is 0 Å². The highest BCUT2D eigenvalue weighted by atomic mass is 16.5. The quantitative estimate of drug-likeness (QED) is 0.224. The monoisotopic (exact) mass is 271 g/mol. The van der Waals surface area contributed by atoms with Gasteiger partial charge in [0.1, 0.15) is 12.6 Å². The maximum atomic E-state index is 11.3. The highest BCUT2D eigenvalue weighted by molar-refractivity contribution is 6.37. The van der Waals surface area contributed by atoms with Gasteiger partial charge in [-0.3, -0.25) is 14.4 Å². The third kappa shape index (κ3) is 6.81. The van der Waals surface area contributed by atoms with Gasteiger partial charge in [0, 0.05) is 13.5 Å². The molecule has 0 saturated heterocycles. The SMILES string of the molecule is COCC(=O)C(=O)NC(CCC(=O)C=[N+]=[N-])C(=O)O. The summed E-state index contributed by atoms with van der Waals surface area (Å²) in [5, 5.41) is 10.8. The van der Waals surface area contributed by atoms with Crippen LogP contribution in [0.1, 0.15) is 12.8 Å². The molecule has 0 bridgehead atoms. The lowest BCUT2D eigenvalue weighted by Crippen LogP contribution is -2.45. The fraction of sp³-hybridized carbons (Fsp3) is 0.500. The van der Waals surface area contributed by atoms with E-state index in [-0.39, 0.29) is 12.8 Å². The second kappa shape index (κ2) is 8.67. The van der Waals surface area contributed by atoms with Crippen molar-refractivity contribution in [1.29, 1.82) is 0 Å². The molecule has 0 spiro atoms. The van der Waals surface area contributed by atoms with Crippen molar-refractivity contribution in [1.82, 2.24) is 5.32 Å². The van der Waals surface area contributed by atoms with Crippen LogP contribution in [0.5, 0.6) is 0 Å². The van der Waals surface area contributed by atoms with E-state index in [0.717, 1.165) is 0 Å². The summed E-state index contributed by atoms with van der Waals surface area (Å²) in [5.74, 6) is -4.01. The Morgan fingerprint density at radius 2 is 2.05 bits per heavy atom. The zero-order valence-electron chi connectivity index (χ0n) is 10.2. The highest BCUT2D eigenvalue weighted by Gasteiger charge is 2.24. The lowest BCUT2D eigenvalue weighted by atomic mass is 10.1. The number of ketones is 2. The number of hydrogen-bond acceptors (Lipinski definition) is 5. The third-order valence-corrected chi connectivity index (χ3v) is 2.01. The molecule has 0 aromatic rings. The Balaban J connectivity index is 4.46. The van der Waals surface area contributed by atoms with E-state index in [9.17, 15) is 19.2 Å². The van der Waals surface area contributed by atoms with Crippen molar-refractivity contribution in [2.24, 2.45) is 0 Å². The topological polar surface area (TPSA) is 146 Å². The summed E-state index contributed by atoms with van der Waals surface area (Å²) in [6, 6.07) is -1.38. The number of carbonyl (C=O) groups excluding carboxylic acids is 3. The second-order valence-corrected chi connectivity index (χ2v) is 3.47. The first-order valence-corrected chi connectivity index (χ1v) is 5.18. The molecule has 1 unspecified atom stereocenters. The zero-order valence-corrected chi connectivity index (χ0v) is 10.2. The lowest BCUT2D eigenvalue weighted by Gasteiger charge is -2.12. The molecule has 0 aliphatic heterocycles. The molecule has 0 aromatic heterocycles. The molecule has 1 amide bonds. The van der Waals surface area contributed by atoms with Gasteiger partial charge in [-0.15, -0.1) is 0 Å². The first-order valence-electron chi connectivity index (χ1n) is 5.18. The van der Waals surface area contributed by atoms with Crippen LogP contribution in [-0.4, -0.2) is 59.3 Å². The van der Waals surface area contributed by atoms with Crippen molar-refractivity contribution in [2.45, 2.75) is 18.9 Å². The minimum atomic E-state index is -1.38. The maximum Gasteiger partial charge on any atom is 0.326 e. The second-order valence-electron chi connectivity index (χ2n) is 3.47. The van der Waals surface area contributed by atoms with Gasteiger partial charge in [0.05, 0.1) is 0 Å². The predicted octanol–water partition coefficient (Wildman–Crippen LogP) is -1.58. The van der Waals surface area contributed by atoms with Crippen LogP contribution in [0.3, 0.4) is 0 Å². The molecule has 0 heterocycles. The number of Topliss-reactive ketones (excluding diaryl/α,β-unsaturated/α-hetero) is 2. The molecule has 0 aromatic carbocycles. The molecular formula is C10H13N3O6. The first-order chi connectivity index (χ1) is 8.92. The molecule has 9 nitrogen and oxygen atoms in total. The largest absolute Gasteiger partial charge is 0.480 e. The first kappa shape index (κ1) is 16.6. The molecule has 0 aliphatic carbocycles. The van der Waals surface area contributed by atoms with E-state index >= 15 is 0 Å². The van der Waals surface area contributed by atoms with Crippen LogP contribution in [0.15, 0.2) is 0 Å². The van der Waals surface area contributed by atoms with E-state index < -0.39 is 36.1 Å². The Hall–Kier alpha value is -2.38. The number of carbonyl (C=O) groups is 4. The summed E-state index contributed by atoms with van der Waals surface area (Å²) in [7, 11) is 1.22. The molecule has 104 valence electrons. The van der Waals surface area contributed by atoms with Gasteiger partial charge >= 0.3 is 12.2 Å². The molecule has 9 heteroatoms. The number of nitrogens with one attached hydrogen (secondary N) is 1. The highest BCUT2D eigenvalue weighted by Crippen LogP contribution is 1.98. The van der Waals surface area contributed by atoms with Crippen molar-refractivity contribution in [3.05, 3.63) is 5.53 Å². The molecule has 0 saturated carbocycles. The number of hydrogen-bond donors (Lipinski definition) is 2. The van der Waals surface area contributed by atoms with Crippen molar-refractivity contribution in [3.63, 3.8) is 0 Å². The van der Waals surface area contributed by atoms with Crippen LogP contribution in [0.4, 0.5) is 0 Å². The van der Waals surface area contributed by atoms with Crippen LogP contribution in [-0.2, 0) is 23.9 Å². The fourth-order valence-electron chi connectivity index (χ4n) is 1.11. The van der Waals surface area contributed by atoms with Crippen molar-refractivity contribution in [3.8, 4) is 0 Å². The number of rotatable bonds is 9. The minimum Gasteiger partial charge on any atom is -0.480 e. The Morgan fingerprint density at radius 3 is 2.53 bits per heavy atom. The molecule has 0 radical (unpaired) electrons. The maximum absolute atomic E-state index is 11.3. The van der Waals surface area contributed by atoms with Crippen molar-refractivity contribution >= 4 is 29.7 Å². The van der Waals surface area contributed by atoms with E-state index in [2.05, 4.69) is 9.53 Å². The summed E-state index contributed by atoms with van der Waals surface area (Å²) in [5.41, 5.74) is 8.09. The third-order valence-electron chi connectivity index (χ3n) is 2.01. The van der Waals surface area contributed by atoms with E-state index in [1.165, 1.54) is 7.11 Å². The van der Waals surface area contributed by atoms with Crippen LogP contribution < -0.4 is 5.32 Å². The standard InChI is InChI=1S/C10H13N3O6/c1-19-5-8(15)9(16)13-7(10(17)18)3-2-6(14)4-12-11/h4,7H,2-3,5H2,1H3,(H,13,16)(H,17,18). The minimum absolute atomic E-state index is 0.230. The van der Waals surface area contributed by atoms with Gasteiger partial charge < -0.3 is 20.7 Å². The van der Waals surface area contributed by atoms with Crippen LogP contribution in [0.2, 0.25) is 0 Å². The van der Waals surface area contributed by atoms with Gasteiger partial charge in [0.2, 0.25) is 11.6 Å². The van der Waals surface area contributed by atoms with Gasteiger partial charge in [0.25, 0.3) is 5.91 Å². The summed E-state index contributed by atoms with van der Waals surface area (Å²) in [6.45, 7) is -0.464. The van der Waals surface area contributed by atoms with Crippen molar-refractivity contribution in [2.75, 3.05) is 13.7 Å². The summed E-state index contributed by atoms with van der Waals surface area (Å²) in [4.78, 5) is 46.7. The van der Waals surface area contributed by atoms with Gasteiger partial charge in [-0.05, 0) is 6.42 Å². The predicted molar refractivity (Wildman–Crippen MR) is 60.4 cm³/mol. The van der Waals surface area contributed by atoms with Gasteiger partial charge in [0.15, 0.2) is 0 Å². The normalized spacial score (nSPS) is 11.0. The van der Waals surface area contributed by atoms with E-state index in [0.29, 0.717) is 6.21 Å². The number of amides is 1. The fourth-order valence-corrected chi connectivity index (χ4v) is 1.11. The van der Waals surface area contributed by atoms with Crippen LogP contribution in [0, 0.1) is 0 Å². The number of methoxy groups -OCH3 is 1. The molecule has 0 rings (SSSR count). The summed E-state index contributed by atoms with van der Waals surface area (Å²) in [6.07, 6.45) is 0.142. The summed E-state index contributed by atoms with van der Waals surface area (Å²) < 4.78 is 4.44. The number of aliphatic carboxylic acids is 1. The Labute approximate surface area is 108 Å². The van der Waals surface area contributed by atoms with Crippen LogP contribution in [0.25, 0.3) is 5.53 Å². The van der Waals surface area contributed by atoms with E-state index in [1.807, 2.05) is 5.32 Å². The van der Waals surface area contributed by atoms with Gasteiger partial charge in [-0.2, -0.15) is 4.79 Å². The van der Waals surface area contributed by atoms with E-state index in [1.54, 1.807) is 0 Å². The van der Waals surface area contributed by atoms with E-state index in [4.69, 9.17) is 10.6 Å². The Morgan fingerprint density at radius 1 is 1.42 bits per heavy atom. The average molecular weight is 271 g/mol. The van der Waals surface area contributed by atoms with Gasteiger partial charge in [-0.25, -0.2) is 4.79 Å². The molecule has 1 atom stereocenters. The van der Waals surface area contributed by atoms with Crippen LogP contribution >= 0.6 is 0 Å². The average Bonchev–Trinajstić information content (AvgIpc) is 2.34. The number of carboxylic acids is 1. The smallest absolute Gasteiger partial charge is 0.326 e. The molecule has 0 fully saturated rings. The molecule has 2 N–H and O–H groups in total. The molecule has 19 heavy (non-hydrogen) atoms. The Bertz CT molecular complexity index is 427. The zero-order chi connectivity index (χ0) is 14.8. The van der Waals surface area contributed by atoms with Crippen molar-refractivity contribution < 1.29 is 33.8 Å². The lowest BCUT2D eigenvalue weighted by molar-refractivity contribution is -0.145.